The molecule has 56 heavy (non-hydrogen) atoms. The molecule has 0 N–H and O–H groups in total. The van der Waals surface area contributed by atoms with E-state index in [1.54, 1.807) is 0 Å². The van der Waals surface area contributed by atoms with E-state index >= 15 is 0 Å². The van der Waals surface area contributed by atoms with Gasteiger partial charge in [-0.3, -0.25) is 0 Å². The molecule has 0 radical (unpaired) electrons. The van der Waals surface area contributed by atoms with Crippen LogP contribution in [0.1, 0.15) is 0 Å². The van der Waals surface area contributed by atoms with Crippen molar-refractivity contribution in [2.24, 2.45) is 0 Å². The van der Waals surface area contributed by atoms with Crippen molar-refractivity contribution in [2.75, 3.05) is 4.90 Å². The molecule has 0 fully saturated rings. The van der Waals surface area contributed by atoms with Gasteiger partial charge in [0.2, 0.25) is 0 Å². The first-order valence-corrected chi connectivity index (χ1v) is 19.2. The van der Waals surface area contributed by atoms with E-state index in [0.717, 1.165) is 28.3 Å². The highest BCUT2D eigenvalue weighted by molar-refractivity contribution is 6.16. The summed E-state index contributed by atoms with van der Waals surface area (Å²) >= 11 is 0. The molecule has 0 unspecified atom stereocenters. The molecule has 9 aromatic carbocycles. The van der Waals surface area contributed by atoms with Crippen LogP contribution >= 0.6 is 0 Å². The Morgan fingerprint density at radius 3 is 1.38 bits per heavy atom. The second-order valence-electron chi connectivity index (χ2n) is 14.2. The molecule has 0 aliphatic carbocycles. The van der Waals surface area contributed by atoms with Gasteiger partial charge in [-0.25, -0.2) is 0 Å². The highest BCUT2D eigenvalue weighted by Crippen LogP contribution is 2.43. The lowest BCUT2D eigenvalue weighted by molar-refractivity contribution is 1.18. The van der Waals surface area contributed by atoms with Gasteiger partial charge in [-0.2, -0.15) is 0 Å². The van der Waals surface area contributed by atoms with Crippen molar-refractivity contribution < 1.29 is 0 Å². The number of para-hydroxylation sites is 1. The summed E-state index contributed by atoms with van der Waals surface area (Å²) in [6.45, 7) is 0. The van der Waals surface area contributed by atoms with Crippen molar-refractivity contribution in [3.8, 4) is 50.2 Å². The molecule has 10 aromatic rings. The number of hydrogen-bond donors (Lipinski definition) is 0. The zero-order chi connectivity index (χ0) is 37.3. The van der Waals surface area contributed by atoms with E-state index < -0.39 is 0 Å². The summed E-state index contributed by atoms with van der Waals surface area (Å²) in [4.78, 5) is 2.39. The summed E-state index contributed by atoms with van der Waals surface area (Å²) in [7, 11) is 0. The Morgan fingerprint density at radius 2 is 0.750 bits per heavy atom. The summed E-state index contributed by atoms with van der Waals surface area (Å²) in [5.74, 6) is 0. The molecule has 0 amide bonds. The smallest absolute Gasteiger partial charge is 0.0562 e. The predicted octanol–water partition coefficient (Wildman–Crippen LogP) is 14.9. The molecule has 0 aliphatic heterocycles. The molecule has 0 saturated carbocycles. The van der Waals surface area contributed by atoms with E-state index in [-0.39, 0.29) is 0 Å². The van der Waals surface area contributed by atoms with E-state index in [1.165, 1.54) is 60.8 Å². The first kappa shape index (κ1) is 33.2. The topological polar surface area (TPSA) is 8.17 Å². The third-order valence-electron chi connectivity index (χ3n) is 10.8. The highest BCUT2D eigenvalue weighted by Gasteiger charge is 2.20. The second-order valence-corrected chi connectivity index (χ2v) is 14.2. The first-order valence-electron chi connectivity index (χ1n) is 19.2. The van der Waals surface area contributed by atoms with Crippen molar-refractivity contribution in [3.05, 3.63) is 231 Å². The standard InChI is InChI=1S/C54H38N2/c1-5-15-39(16-6-1)41-27-29-42(30-28-41)43-31-33-47(34-32-43)55(48-24-13-21-45(37-48)40-17-7-2-8-18-40)49-35-36-51-53(38-49)56(46-22-11-4-12-23-46)52-26-14-25-50(54(51)52)44-19-9-3-10-20-44/h1-38H. The maximum absolute atomic E-state index is 2.42. The molecule has 264 valence electrons. The number of benzene rings is 9. The monoisotopic (exact) mass is 714 g/mol. The molecule has 1 aromatic heterocycles. The van der Waals surface area contributed by atoms with Gasteiger partial charge in [0.25, 0.3) is 0 Å². The van der Waals surface area contributed by atoms with Crippen molar-refractivity contribution >= 4 is 38.9 Å². The summed E-state index contributed by atoms with van der Waals surface area (Å²) in [5, 5.41) is 2.48. The lowest BCUT2D eigenvalue weighted by Gasteiger charge is -2.26. The summed E-state index contributed by atoms with van der Waals surface area (Å²) < 4.78 is 2.42. The Labute approximate surface area is 327 Å². The van der Waals surface area contributed by atoms with Crippen LogP contribution in [0.2, 0.25) is 0 Å². The van der Waals surface area contributed by atoms with Gasteiger partial charge in [0, 0.05) is 33.5 Å². The van der Waals surface area contributed by atoms with Crippen LogP contribution in [-0.2, 0) is 0 Å². The SMILES string of the molecule is c1ccc(-c2ccc(-c3ccc(N(c4cccc(-c5ccccc5)c4)c4ccc5c6c(-c7ccccc7)cccc6n(-c6ccccc6)c5c4)cc3)cc2)cc1. The van der Waals surface area contributed by atoms with Gasteiger partial charge >= 0.3 is 0 Å². The Balaban J connectivity index is 1.14. The van der Waals surface area contributed by atoms with Crippen molar-refractivity contribution in [2.45, 2.75) is 0 Å². The van der Waals surface area contributed by atoms with Gasteiger partial charge in [-0.1, -0.05) is 176 Å². The van der Waals surface area contributed by atoms with E-state index in [1.807, 2.05) is 0 Å². The first-order chi connectivity index (χ1) is 27.8. The average molecular weight is 715 g/mol. The highest BCUT2D eigenvalue weighted by atomic mass is 15.1. The van der Waals surface area contributed by atoms with E-state index in [2.05, 4.69) is 240 Å². The summed E-state index contributed by atoms with van der Waals surface area (Å²) in [6, 6.07) is 83.0. The van der Waals surface area contributed by atoms with Crippen LogP contribution in [0.25, 0.3) is 72.0 Å². The number of aromatic nitrogens is 1. The van der Waals surface area contributed by atoms with Crippen molar-refractivity contribution in [3.63, 3.8) is 0 Å². The fourth-order valence-corrected chi connectivity index (χ4v) is 8.10. The molecule has 0 saturated heterocycles. The zero-order valence-electron chi connectivity index (χ0n) is 30.8. The summed E-state index contributed by atoms with van der Waals surface area (Å²) in [5.41, 5.74) is 16.4. The van der Waals surface area contributed by atoms with E-state index in [4.69, 9.17) is 0 Å². The maximum Gasteiger partial charge on any atom is 0.0562 e. The molecule has 10 rings (SSSR count). The Hall–Kier alpha value is -7.42. The third kappa shape index (κ3) is 6.14. The molecule has 0 aliphatic rings. The normalized spacial score (nSPS) is 11.2. The number of nitrogens with zero attached hydrogens (tertiary/aromatic N) is 2. The zero-order valence-corrected chi connectivity index (χ0v) is 30.8. The van der Waals surface area contributed by atoms with E-state index in [0.29, 0.717) is 0 Å². The lowest BCUT2D eigenvalue weighted by Crippen LogP contribution is -2.10. The van der Waals surface area contributed by atoms with Gasteiger partial charge in [0.1, 0.15) is 0 Å². The maximum atomic E-state index is 2.42. The van der Waals surface area contributed by atoms with Crippen LogP contribution in [0, 0.1) is 0 Å². The third-order valence-corrected chi connectivity index (χ3v) is 10.8. The molecule has 2 heteroatoms. The minimum atomic E-state index is 1.09. The Morgan fingerprint density at radius 1 is 0.286 bits per heavy atom. The minimum absolute atomic E-state index is 1.09. The molecule has 0 bridgehead atoms. The van der Waals surface area contributed by atoms with E-state index in [9.17, 15) is 0 Å². The quantitative estimate of drug-likeness (QED) is 0.152. The fourth-order valence-electron chi connectivity index (χ4n) is 8.10. The van der Waals surface area contributed by atoms with Crippen LogP contribution in [0.5, 0.6) is 0 Å². The molecule has 0 spiro atoms. The largest absolute Gasteiger partial charge is 0.310 e. The van der Waals surface area contributed by atoms with Crippen LogP contribution < -0.4 is 4.90 Å². The molecular formula is C54H38N2. The number of fused-ring (bicyclic) bond motifs is 3. The van der Waals surface area contributed by atoms with Gasteiger partial charge < -0.3 is 9.47 Å². The minimum Gasteiger partial charge on any atom is -0.310 e. The van der Waals surface area contributed by atoms with Gasteiger partial charge in [-0.15, -0.1) is 0 Å². The molecular weight excluding hydrogens is 677 g/mol. The van der Waals surface area contributed by atoms with Crippen LogP contribution in [0.4, 0.5) is 17.1 Å². The Bertz CT molecular complexity index is 2910. The van der Waals surface area contributed by atoms with Crippen molar-refractivity contribution in [1.29, 1.82) is 0 Å². The number of hydrogen-bond acceptors (Lipinski definition) is 1. The van der Waals surface area contributed by atoms with Gasteiger partial charge in [0.15, 0.2) is 0 Å². The Kier molecular flexibility index (Phi) is 8.55. The molecule has 1 heterocycles. The average Bonchev–Trinajstić information content (AvgIpc) is 3.62. The van der Waals surface area contributed by atoms with Crippen LogP contribution in [0.15, 0.2) is 231 Å². The lowest BCUT2D eigenvalue weighted by atomic mass is 9.99. The van der Waals surface area contributed by atoms with Crippen LogP contribution in [0.3, 0.4) is 0 Å². The number of rotatable bonds is 8. The molecule has 0 atom stereocenters. The fraction of sp³-hybridized carbons (Fsp3) is 0. The second kappa shape index (κ2) is 14.4. The predicted molar refractivity (Wildman–Crippen MR) is 237 cm³/mol. The van der Waals surface area contributed by atoms with Crippen LogP contribution in [-0.4, -0.2) is 4.57 Å². The molecule has 2 nitrogen and oxygen atoms in total. The van der Waals surface area contributed by atoms with Gasteiger partial charge in [0.05, 0.1) is 11.0 Å². The number of anilines is 3. The summed E-state index contributed by atoms with van der Waals surface area (Å²) in [6.07, 6.45) is 0. The van der Waals surface area contributed by atoms with Crippen molar-refractivity contribution in [1.82, 2.24) is 4.57 Å². The van der Waals surface area contributed by atoms with Gasteiger partial charge in [-0.05, 0) is 99.1 Å².